The molecule has 5 heteroatoms. The van der Waals surface area contributed by atoms with Crippen molar-refractivity contribution in [2.24, 2.45) is 16.2 Å². The van der Waals surface area contributed by atoms with Gasteiger partial charge in [0.1, 0.15) is 0 Å². The van der Waals surface area contributed by atoms with E-state index in [1.54, 1.807) is 6.92 Å². The van der Waals surface area contributed by atoms with E-state index in [0.717, 1.165) is 31.5 Å². The van der Waals surface area contributed by atoms with E-state index in [1.165, 1.54) is 0 Å². The molecule has 30 heavy (non-hydrogen) atoms. The molecular formula is C25H43NO4. The van der Waals surface area contributed by atoms with Crippen molar-refractivity contribution >= 4 is 5.97 Å². The third-order valence-corrected chi connectivity index (χ3v) is 7.93. The van der Waals surface area contributed by atoms with E-state index in [9.17, 15) is 15.0 Å². The quantitative estimate of drug-likeness (QED) is 0.447. The van der Waals surface area contributed by atoms with Crippen molar-refractivity contribution in [2.45, 2.75) is 86.1 Å². The summed E-state index contributed by atoms with van der Waals surface area (Å²) in [7, 11) is 0. The van der Waals surface area contributed by atoms with Gasteiger partial charge in [-0.2, -0.15) is 0 Å². The Morgan fingerprint density at radius 3 is 2.20 bits per heavy atom. The zero-order chi connectivity index (χ0) is 23.0. The van der Waals surface area contributed by atoms with Gasteiger partial charge in [0.25, 0.3) is 0 Å². The highest BCUT2D eigenvalue weighted by Gasteiger charge is 2.62. The van der Waals surface area contributed by atoms with E-state index in [2.05, 4.69) is 53.0 Å². The normalized spacial score (nSPS) is 28.3. The lowest BCUT2D eigenvalue weighted by Crippen LogP contribution is -2.70. The number of piperidine rings is 1. The van der Waals surface area contributed by atoms with E-state index in [0.29, 0.717) is 36.0 Å². The summed E-state index contributed by atoms with van der Waals surface area (Å²) in [5.74, 6) is 0.00574. The number of rotatable bonds is 7. The van der Waals surface area contributed by atoms with Crippen molar-refractivity contribution in [1.29, 1.82) is 0 Å². The summed E-state index contributed by atoms with van der Waals surface area (Å²) < 4.78 is 5.35. The summed E-state index contributed by atoms with van der Waals surface area (Å²) in [5.41, 5.74) is 0.738. The summed E-state index contributed by atoms with van der Waals surface area (Å²) in [6.45, 7) is 21.0. The number of nitrogens with zero attached hydrogens (tertiary/aromatic N) is 1. The molecule has 0 saturated carbocycles. The average molecular weight is 422 g/mol. The van der Waals surface area contributed by atoms with Crippen molar-refractivity contribution in [3.63, 3.8) is 0 Å². The van der Waals surface area contributed by atoms with Crippen LogP contribution in [0.4, 0.5) is 0 Å². The van der Waals surface area contributed by atoms with Gasteiger partial charge in [0.2, 0.25) is 0 Å². The fourth-order valence-corrected chi connectivity index (χ4v) is 6.24. The van der Waals surface area contributed by atoms with Crippen LogP contribution < -0.4 is 0 Å². The molecule has 1 aliphatic heterocycles. The van der Waals surface area contributed by atoms with Gasteiger partial charge in [-0.05, 0) is 55.7 Å². The van der Waals surface area contributed by atoms with E-state index in [4.69, 9.17) is 4.74 Å². The molecule has 2 N–H and O–H groups in total. The van der Waals surface area contributed by atoms with Crippen LogP contribution in [0, 0.1) is 16.2 Å². The number of carbonyl (C=O) groups excluding carboxylic acids is 1. The summed E-state index contributed by atoms with van der Waals surface area (Å²) in [4.78, 5) is 14.4. The van der Waals surface area contributed by atoms with Crippen molar-refractivity contribution in [1.82, 2.24) is 4.90 Å². The minimum atomic E-state index is -0.399. The standard InChI is InChI=1S/C25H43NO4/c1-18(2)21(29)30-16-9-19-20(28)17-23(5,6)25(12-15-27,24(19,7)8)26-13-10-22(3,4)11-14-26/h27-28H,1,9-17H2,2-8H3. The molecule has 0 aromatic carbocycles. The maximum absolute atomic E-state index is 11.8. The topological polar surface area (TPSA) is 70.0 Å². The Morgan fingerprint density at radius 1 is 1.13 bits per heavy atom. The highest BCUT2D eigenvalue weighted by atomic mass is 16.5. The average Bonchev–Trinajstić information content (AvgIpc) is 2.61. The zero-order valence-corrected chi connectivity index (χ0v) is 20.2. The van der Waals surface area contributed by atoms with Crippen molar-refractivity contribution in [3.8, 4) is 0 Å². The van der Waals surface area contributed by atoms with Crippen molar-refractivity contribution in [3.05, 3.63) is 23.5 Å². The number of ether oxygens (including phenoxy) is 1. The molecule has 0 radical (unpaired) electrons. The molecule has 1 heterocycles. The Hall–Kier alpha value is -1.33. The Balaban J connectivity index is 2.42. The van der Waals surface area contributed by atoms with E-state index in [1.807, 2.05) is 0 Å². The van der Waals surface area contributed by atoms with Crippen LogP contribution in [0.5, 0.6) is 0 Å². The van der Waals surface area contributed by atoms with Gasteiger partial charge in [0.15, 0.2) is 0 Å². The minimum Gasteiger partial charge on any atom is -0.512 e. The highest BCUT2D eigenvalue weighted by molar-refractivity contribution is 5.86. The molecule has 0 amide bonds. The van der Waals surface area contributed by atoms with Gasteiger partial charge in [-0.25, -0.2) is 4.79 Å². The lowest BCUT2D eigenvalue weighted by molar-refractivity contribution is -0.141. The number of esters is 1. The first kappa shape index (κ1) is 24.9. The van der Waals surface area contributed by atoms with Crippen LogP contribution in [0.3, 0.4) is 0 Å². The Bertz CT molecular complexity index is 694. The van der Waals surface area contributed by atoms with Crippen LogP contribution in [0.25, 0.3) is 0 Å². The minimum absolute atomic E-state index is 0.103. The van der Waals surface area contributed by atoms with E-state index in [-0.39, 0.29) is 24.2 Å². The molecule has 5 nitrogen and oxygen atoms in total. The summed E-state index contributed by atoms with van der Waals surface area (Å²) >= 11 is 0. The van der Waals surface area contributed by atoms with Gasteiger partial charge >= 0.3 is 5.97 Å². The molecule has 1 aliphatic carbocycles. The van der Waals surface area contributed by atoms with Crippen molar-refractivity contribution in [2.75, 3.05) is 26.3 Å². The maximum Gasteiger partial charge on any atom is 0.333 e. The molecule has 1 atom stereocenters. The SMILES string of the molecule is C=C(C)C(=O)OCCC1=C(O)CC(C)(C)C(CCO)(N2CCC(C)(C)CC2)C1(C)C. The second-order valence-electron chi connectivity index (χ2n) is 11.3. The largest absolute Gasteiger partial charge is 0.512 e. The summed E-state index contributed by atoms with van der Waals surface area (Å²) in [6.07, 6.45) is 3.93. The Kier molecular flexibility index (Phi) is 7.20. The van der Waals surface area contributed by atoms with E-state index >= 15 is 0 Å². The molecule has 2 rings (SSSR count). The van der Waals surface area contributed by atoms with Crippen LogP contribution in [0.15, 0.2) is 23.5 Å². The van der Waals surface area contributed by atoms with Crippen LogP contribution in [0.2, 0.25) is 0 Å². The molecule has 2 aliphatic rings. The Labute approximate surface area is 183 Å². The first-order chi connectivity index (χ1) is 13.7. The first-order valence-corrected chi connectivity index (χ1v) is 11.3. The van der Waals surface area contributed by atoms with Crippen LogP contribution in [-0.2, 0) is 9.53 Å². The zero-order valence-electron chi connectivity index (χ0n) is 20.2. The van der Waals surface area contributed by atoms with Crippen molar-refractivity contribution < 1.29 is 19.7 Å². The molecule has 1 saturated heterocycles. The first-order valence-electron chi connectivity index (χ1n) is 11.3. The number of hydrogen-bond acceptors (Lipinski definition) is 5. The number of hydrogen-bond donors (Lipinski definition) is 2. The molecule has 0 aromatic heterocycles. The molecule has 0 spiro atoms. The lowest BCUT2D eigenvalue weighted by Gasteiger charge is -2.66. The second kappa shape index (κ2) is 8.66. The number of aliphatic hydroxyl groups excluding tert-OH is 2. The molecule has 1 unspecified atom stereocenters. The number of allylic oxidation sites excluding steroid dienone is 1. The number of likely N-dealkylation sites (tertiary alicyclic amines) is 1. The van der Waals surface area contributed by atoms with Gasteiger partial charge in [-0.1, -0.05) is 48.1 Å². The fourth-order valence-electron chi connectivity index (χ4n) is 6.24. The van der Waals surface area contributed by atoms with Gasteiger partial charge in [0.05, 0.1) is 12.4 Å². The smallest absolute Gasteiger partial charge is 0.333 e. The highest BCUT2D eigenvalue weighted by Crippen LogP contribution is 2.61. The van der Waals surface area contributed by atoms with Gasteiger partial charge in [-0.3, -0.25) is 4.90 Å². The molecule has 0 aromatic rings. The summed E-state index contributed by atoms with van der Waals surface area (Å²) in [6, 6.07) is 0. The monoisotopic (exact) mass is 421 g/mol. The third-order valence-electron chi connectivity index (χ3n) is 7.93. The van der Waals surface area contributed by atoms with Crippen LogP contribution in [0.1, 0.15) is 80.6 Å². The molecular weight excluding hydrogens is 378 g/mol. The Morgan fingerprint density at radius 2 is 1.70 bits per heavy atom. The number of aliphatic hydroxyl groups is 2. The predicted octanol–water partition coefficient (Wildman–Crippen LogP) is 5.01. The van der Waals surface area contributed by atoms with Crippen LogP contribution >= 0.6 is 0 Å². The van der Waals surface area contributed by atoms with Crippen LogP contribution in [-0.4, -0.2) is 52.9 Å². The molecule has 1 fully saturated rings. The second-order valence-corrected chi connectivity index (χ2v) is 11.3. The van der Waals surface area contributed by atoms with Gasteiger partial charge in [-0.15, -0.1) is 0 Å². The van der Waals surface area contributed by atoms with E-state index < -0.39 is 11.4 Å². The predicted molar refractivity (Wildman–Crippen MR) is 121 cm³/mol. The fraction of sp³-hybridized carbons (Fsp3) is 0.800. The molecule has 0 bridgehead atoms. The van der Waals surface area contributed by atoms with Gasteiger partial charge < -0.3 is 14.9 Å². The number of carbonyl (C=O) groups is 1. The molecule has 172 valence electrons. The summed E-state index contributed by atoms with van der Waals surface area (Å²) in [5, 5.41) is 21.2. The maximum atomic E-state index is 11.8. The van der Waals surface area contributed by atoms with Gasteiger partial charge in [0, 0.05) is 36.0 Å². The lowest BCUT2D eigenvalue weighted by atomic mass is 9.48. The third kappa shape index (κ3) is 4.34.